The first-order chi connectivity index (χ1) is 9.79. The number of carbonyl (C=O) groups is 1. The van der Waals surface area contributed by atoms with Gasteiger partial charge < -0.3 is 9.80 Å². The van der Waals surface area contributed by atoms with Gasteiger partial charge >= 0.3 is 0 Å². The van der Waals surface area contributed by atoms with Crippen molar-refractivity contribution in [3.05, 3.63) is 28.6 Å². The maximum Gasteiger partial charge on any atom is 0.185 e. The molecule has 3 rings (SSSR count). The van der Waals surface area contributed by atoms with E-state index in [2.05, 4.69) is 24.8 Å². The first-order valence-electron chi connectivity index (χ1n) is 6.14. The Morgan fingerprint density at radius 3 is 2.55 bits per heavy atom. The van der Waals surface area contributed by atoms with Crippen molar-refractivity contribution in [1.82, 2.24) is 15.0 Å². The molecule has 3 heterocycles. The molecule has 0 unspecified atom stereocenters. The van der Waals surface area contributed by atoms with Gasteiger partial charge in [0, 0.05) is 37.8 Å². The van der Waals surface area contributed by atoms with Crippen molar-refractivity contribution in [1.29, 1.82) is 0 Å². The van der Waals surface area contributed by atoms with Crippen LogP contribution in [0.3, 0.4) is 0 Å². The quantitative estimate of drug-likeness (QED) is 0.635. The number of nitrogens with zero attached hydrogens (tertiary/aromatic N) is 5. The highest BCUT2D eigenvalue weighted by Gasteiger charge is 2.22. The lowest BCUT2D eigenvalue weighted by Gasteiger charge is -2.35. The lowest BCUT2D eigenvalue weighted by molar-refractivity contribution is 0.112. The summed E-state index contributed by atoms with van der Waals surface area (Å²) in [5.74, 6) is 0.610. The maximum atomic E-state index is 11.1. The molecule has 1 fully saturated rings. The number of hydrogen-bond acceptors (Lipinski definition) is 7. The first kappa shape index (κ1) is 13.3. The van der Waals surface area contributed by atoms with Crippen LogP contribution in [0.5, 0.6) is 0 Å². The molecule has 0 atom stereocenters. The second kappa shape index (κ2) is 5.72. The molecule has 104 valence electrons. The van der Waals surface area contributed by atoms with Crippen molar-refractivity contribution in [3.63, 3.8) is 0 Å². The van der Waals surface area contributed by atoms with Crippen molar-refractivity contribution in [3.8, 4) is 0 Å². The van der Waals surface area contributed by atoms with Crippen LogP contribution in [-0.4, -0.2) is 47.4 Å². The van der Waals surface area contributed by atoms with Gasteiger partial charge in [-0.2, -0.15) is 0 Å². The average molecular weight is 310 g/mol. The summed E-state index contributed by atoms with van der Waals surface area (Å²) < 4.78 is 0. The van der Waals surface area contributed by atoms with Crippen LogP contribution < -0.4 is 9.80 Å². The van der Waals surface area contributed by atoms with Crippen molar-refractivity contribution >= 4 is 40.2 Å². The Morgan fingerprint density at radius 2 is 1.90 bits per heavy atom. The highest BCUT2D eigenvalue weighted by molar-refractivity contribution is 7.13. The third kappa shape index (κ3) is 2.46. The molecule has 0 aromatic carbocycles. The van der Waals surface area contributed by atoms with E-state index in [9.17, 15) is 4.79 Å². The second-order valence-corrected chi connectivity index (χ2v) is 5.54. The predicted molar refractivity (Wildman–Crippen MR) is 79.0 cm³/mol. The summed E-state index contributed by atoms with van der Waals surface area (Å²) in [6, 6.07) is 0. The van der Waals surface area contributed by atoms with E-state index >= 15 is 0 Å². The van der Waals surface area contributed by atoms with E-state index in [0.29, 0.717) is 17.7 Å². The fourth-order valence-electron chi connectivity index (χ4n) is 2.20. The van der Waals surface area contributed by atoms with Crippen LogP contribution in [0, 0.1) is 0 Å². The molecule has 0 N–H and O–H groups in total. The molecule has 8 heteroatoms. The van der Waals surface area contributed by atoms with E-state index in [0.717, 1.165) is 31.3 Å². The Labute approximate surface area is 125 Å². The van der Waals surface area contributed by atoms with Crippen molar-refractivity contribution in [2.24, 2.45) is 0 Å². The number of anilines is 2. The Kier molecular flexibility index (Phi) is 3.79. The van der Waals surface area contributed by atoms with Crippen molar-refractivity contribution in [2.45, 2.75) is 0 Å². The molecule has 1 aliphatic rings. The second-order valence-electron chi connectivity index (χ2n) is 4.31. The summed E-state index contributed by atoms with van der Waals surface area (Å²) in [4.78, 5) is 27.8. The van der Waals surface area contributed by atoms with E-state index in [-0.39, 0.29) is 5.15 Å². The summed E-state index contributed by atoms with van der Waals surface area (Å²) in [5.41, 5.74) is 0.358. The van der Waals surface area contributed by atoms with Crippen molar-refractivity contribution in [2.75, 3.05) is 36.0 Å². The summed E-state index contributed by atoms with van der Waals surface area (Å²) in [5, 5.41) is 3.20. The van der Waals surface area contributed by atoms with E-state index in [1.165, 1.54) is 6.33 Å². The Morgan fingerprint density at radius 1 is 1.15 bits per heavy atom. The molecule has 0 amide bonds. The molecule has 6 nitrogen and oxygen atoms in total. The van der Waals surface area contributed by atoms with Crippen LogP contribution in [0.15, 0.2) is 17.9 Å². The van der Waals surface area contributed by atoms with E-state index in [1.807, 2.05) is 5.38 Å². The molecule has 0 spiro atoms. The Bertz CT molecular complexity index is 598. The zero-order valence-electron chi connectivity index (χ0n) is 10.6. The van der Waals surface area contributed by atoms with Crippen LogP contribution in [0.1, 0.15) is 10.4 Å². The molecule has 1 saturated heterocycles. The van der Waals surface area contributed by atoms with Gasteiger partial charge in [0.25, 0.3) is 0 Å². The molecule has 1 aliphatic heterocycles. The Balaban J connectivity index is 1.75. The number of rotatable bonds is 3. The lowest BCUT2D eigenvalue weighted by atomic mass is 10.2. The molecule has 0 saturated carbocycles. The average Bonchev–Trinajstić information content (AvgIpc) is 3.01. The highest BCUT2D eigenvalue weighted by Crippen LogP contribution is 2.24. The standard InChI is InChI=1S/C12H12ClN5OS/c13-10-9(7-19)11(16-8-15-10)17-2-4-18(5-3-17)12-14-1-6-20-12/h1,6-8H,2-5H2. The van der Waals surface area contributed by atoms with E-state index < -0.39 is 0 Å². The minimum Gasteiger partial charge on any atom is -0.352 e. The van der Waals surface area contributed by atoms with Gasteiger partial charge in [-0.05, 0) is 0 Å². The van der Waals surface area contributed by atoms with Gasteiger partial charge in [0.2, 0.25) is 0 Å². The SMILES string of the molecule is O=Cc1c(Cl)ncnc1N1CCN(c2nccs2)CC1. The Hall–Kier alpha value is -1.73. The number of thiazole rings is 1. The molecule has 20 heavy (non-hydrogen) atoms. The summed E-state index contributed by atoms with van der Waals surface area (Å²) >= 11 is 7.56. The van der Waals surface area contributed by atoms with Crippen LogP contribution in [0.2, 0.25) is 5.15 Å². The topological polar surface area (TPSA) is 62.2 Å². The van der Waals surface area contributed by atoms with Gasteiger partial charge in [0.15, 0.2) is 11.4 Å². The molecular formula is C12H12ClN5OS. The van der Waals surface area contributed by atoms with E-state index in [4.69, 9.17) is 11.6 Å². The third-order valence-electron chi connectivity index (χ3n) is 3.20. The van der Waals surface area contributed by atoms with E-state index in [1.54, 1.807) is 17.5 Å². The lowest BCUT2D eigenvalue weighted by Crippen LogP contribution is -2.47. The molecular weight excluding hydrogens is 298 g/mol. The summed E-state index contributed by atoms with van der Waals surface area (Å²) in [6.07, 6.45) is 3.91. The monoisotopic (exact) mass is 309 g/mol. The van der Waals surface area contributed by atoms with Crippen LogP contribution in [-0.2, 0) is 0 Å². The van der Waals surface area contributed by atoms with Crippen LogP contribution in [0.4, 0.5) is 10.9 Å². The minimum atomic E-state index is 0.201. The minimum absolute atomic E-state index is 0.201. The fourth-order valence-corrected chi connectivity index (χ4v) is 3.07. The number of aromatic nitrogens is 3. The zero-order valence-corrected chi connectivity index (χ0v) is 12.1. The first-order valence-corrected chi connectivity index (χ1v) is 7.40. The maximum absolute atomic E-state index is 11.1. The highest BCUT2D eigenvalue weighted by atomic mass is 35.5. The summed E-state index contributed by atoms with van der Waals surface area (Å²) in [7, 11) is 0. The number of halogens is 1. The van der Waals surface area contributed by atoms with Gasteiger partial charge in [-0.3, -0.25) is 4.79 Å². The van der Waals surface area contributed by atoms with Crippen molar-refractivity contribution < 1.29 is 4.79 Å². The van der Waals surface area contributed by atoms with Crippen LogP contribution >= 0.6 is 22.9 Å². The molecule has 0 bridgehead atoms. The number of aldehydes is 1. The van der Waals surface area contributed by atoms with Gasteiger partial charge in [-0.15, -0.1) is 11.3 Å². The number of carbonyl (C=O) groups excluding carboxylic acids is 1. The van der Waals surface area contributed by atoms with Crippen LogP contribution in [0.25, 0.3) is 0 Å². The predicted octanol–water partition coefficient (Wildman–Crippen LogP) is 1.73. The molecule has 2 aromatic heterocycles. The normalized spacial score (nSPS) is 15.4. The molecule has 0 aliphatic carbocycles. The smallest absolute Gasteiger partial charge is 0.185 e. The van der Waals surface area contributed by atoms with Gasteiger partial charge in [-0.1, -0.05) is 11.6 Å². The summed E-state index contributed by atoms with van der Waals surface area (Å²) in [6.45, 7) is 3.22. The largest absolute Gasteiger partial charge is 0.352 e. The zero-order chi connectivity index (χ0) is 13.9. The number of hydrogen-bond donors (Lipinski definition) is 0. The van der Waals surface area contributed by atoms with Gasteiger partial charge in [-0.25, -0.2) is 15.0 Å². The molecule has 2 aromatic rings. The van der Waals surface area contributed by atoms with Gasteiger partial charge in [0.1, 0.15) is 17.3 Å². The third-order valence-corrected chi connectivity index (χ3v) is 4.33. The van der Waals surface area contributed by atoms with Gasteiger partial charge in [0.05, 0.1) is 5.56 Å². The fraction of sp³-hybridized carbons (Fsp3) is 0.333. The number of piperazine rings is 1. The molecule has 0 radical (unpaired) electrons.